The SMILES string of the molecule is Brc1cc(CNc2ccccc2)cs1. The van der Waals surface area contributed by atoms with Crippen molar-refractivity contribution in [1.29, 1.82) is 0 Å². The molecule has 0 fully saturated rings. The Kier molecular flexibility index (Phi) is 3.22. The molecule has 1 N–H and O–H groups in total. The van der Waals surface area contributed by atoms with Crippen molar-refractivity contribution in [2.45, 2.75) is 6.54 Å². The molecule has 14 heavy (non-hydrogen) atoms. The maximum absolute atomic E-state index is 3.45. The van der Waals surface area contributed by atoms with E-state index in [-0.39, 0.29) is 0 Å². The van der Waals surface area contributed by atoms with Gasteiger partial charge in [-0.2, -0.15) is 0 Å². The van der Waals surface area contributed by atoms with Crippen LogP contribution in [0.15, 0.2) is 45.6 Å². The number of hydrogen-bond acceptors (Lipinski definition) is 2. The predicted octanol–water partition coefficient (Wildman–Crippen LogP) is 4.12. The molecule has 1 nitrogen and oxygen atoms in total. The van der Waals surface area contributed by atoms with Gasteiger partial charge in [0.25, 0.3) is 0 Å². The summed E-state index contributed by atoms with van der Waals surface area (Å²) in [4.78, 5) is 0. The number of para-hydroxylation sites is 1. The molecule has 0 unspecified atom stereocenters. The summed E-state index contributed by atoms with van der Waals surface area (Å²) in [6, 6.07) is 12.4. The van der Waals surface area contributed by atoms with Crippen molar-refractivity contribution in [3.8, 4) is 0 Å². The first kappa shape index (κ1) is 9.74. The van der Waals surface area contributed by atoms with Crippen LogP contribution >= 0.6 is 27.3 Å². The number of nitrogens with one attached hydrogen (secondary N) is 1. The minimum Gasteiger partial charge on any atom is -0.381 e. The Hall–Kier alpha value is -0.800. The normalized spacial score (nSPS) is 10.1. The molecule has 0 spiro atoms. The van der Waals surface area contributed by atoms with Gasteiger partial charge in [-0.3, -0.25) is 0 Å². The first-order chi connectivity index (χ1) is 6.84. The van der Waals surface area contributed by atoms with E-state index in [1.165, 1.54) is 9.35 Å². The highest BCUT2D eigenvalue weighted by atomic mass is 79.9. The van der Waals surface area contributed by atoms with Gasteiger partial charge in [0.1, 0.15) is 0 Å². The molecule has 3 heteroatoms. The van der Waals surface area contributed by atoms with Gasteiger partial charge < -0.3 is 5.32 Å². The summed E-state index contributed by atoms with van der Waals surface area (Å²) in [5, 5.41) is 5.51. The van der Waals surface area contributed by atoms with Crippen molar-refractivity contribution in [2.75, 3.05) is 5.32 Å². The standard InChI is InChI=1S/C11H10BrNS/c12-11-6-9(8-14-11)7-13-10-4-2-1-3-5-10/h1-6,8,13H,7H2. The Morgan fingerprint density at radius 2 is 2.00 bits per heavy atom. The molecule has 0 amide bonds. The molecule has 0 aliphatic heterocycles. The van der Waals surface area contributed by atoms with E-state index in [1.54, 1.807) is 11.3 Å². The van der Waals surface area contributed by atoms with Crippen LogP contribution in [0.5, 0.6) is 0 Å². The van der Waals surface area contributed by atoms with E-state index >= 15 is 0 Å². The fraction of sp³-hybridized carbons (Fsp3) is 0.0909. The van der Waals surface area contributed by atoms with Crippen molar-refractivity contribution in [3.05, 3.63) is 51.1 Å². The van der Waals surface area contributed by atoms with Crippen LogP contribution < -0.4 is 5.32 Å². The number of rotatable bonds is 3. The Morgan fingerprint density at radius 3 is 2.64 bits per heavy atom. The van der Waals surface area contributed by atoms with Crippen LogP contribution in [0.1, 0.15) is 5.56 Å². The van der Waals surface area contributed by atoms with Gasteiger partial charge in [-0.05, 0) is 45.1 Å². The van der Waals surface area contributed by atoms with Gasteiger partial charge in [-0.15, -0.1) is 11.3 Å². The molecule has 0 atom stereocenters. The molecular weight excluding hydrogens is 258 g/mol. The van der Waals surface area contributed by atoms with Crippen LogP contribution in [0.25, 0.3) is 0 Å². The average Bonchev–Trinajstić information content (AvgIpc) is 2.63. The highest BCUT2D eigenvalue weighted by Crippen LogP contribution is 2.21. The molecule has 1 heterocycles. The molecule has 2 rings (SSSR count). The lowest BCUT2D eigenvalue weighted by atomic mass is 10.3. The van der Waals surface area contributed by atoms with Crippen LogP contribution in [-0.4, -0.2) is 0 Å². The second-order valence-corrected chi connectivity index (χ2v) is 5.27. The quantitative estimate of drug-likeness (QED) is 0.882. The summed E-state index contributed by atoms with van der Waals surface area (Å²) in [5.74, 6) is 0. The lowest BCUT2D eigenvalue weighted by Gasteiger charge is -2.03. The van der Waals surface area contributed by atoms with Gasteiger partial charge in [0.2, 0.25) is 0 Å². The first-order valence-electron chi connectivity index (χ1n) is 4.36. The second-order valence-electron chi connectivity index (χ2n) is 2.98. The van der Waals surface area contributed by atoms with Crippen molar-refractivity contribution < 1.29 is 0 Å². The first-order valence-corrected chi connectivity index (χ1v) is 6.04. The van der Waals surface area contributed by atoms with Gasteiger partial charge in [0, 0.05) is 12.2 Å². The van der Waals surface area contributed by atoms with E-state index in [0.717, 1.165) is 12.2 Å². The van der Waals surface area contributed by atoms with Crippen LogP contribution in [0.4, 0.5) is 5.69 Å². The van der Waals surface area contributed by atoms with E-state index in [4.69, 9.17) is 0 Å². The number of halogens is 1. The lowest BCUT2D eigenvalue weighted by molar-refractivity contribution is 1.16. The Morgan fingerprint density at radius 1 is 1.21 bits per heavy atom. The van der Waals surface area contributed by atoms with Gasteiger partial charge in [-0.25, -0.2) is 0 Å². The summed E-state index contributed by atoms with van der Waals surface area (Å²) in [5.41, 5.74) is 2.47. The molecule has 0 saturated carbocycles. The van der Waals surface area contributed by atoms with E-state index in [1.807, 2.05) is 18.2 Å². The highest BCUT2D eigenvalue weighted by molar-refractivity contribution is 9.11. The topological polar surface area (TPSA) is 12.0 Å². The molecule has 1 aromatic carbocycles. The minimum atomic E-state index is 0.881. The minimum absolute atomic E-state index is 0.881. The number of hydrogen-bond donors (Lipinski definition) is 1. The number of benzene rings is 1. The molecule has 1 aromatic heterocycles. The molecular formula is C11H10BrNS. The molecule has 2 aromatic rings. The molecule has 72 valence electrons. The summed E-state index contributed by atoms with van der Waals surface area (Å²) >= 11 is 5.17. The van der Waals surface area contributed by atoms with Gasteiger partial charge in [0.05, 0.1) is 3.79 Å². The Labute approximate surface area is 95.9 Å². The van der Waals surface area contributed by atoms with Crippen molar-refractivity contribution in [1.82, 2.24) is 0 Å². The van der Waals surface area contributed by atoms with E-state index in [9.17, 15) is 0 Å². The fourth-order valence-electron chi connectivity index (χ4n) is 1.20. The zero-order valence-electron chi connectivity index (χ0n) is 7.53. The third-order valence-corrected chi connectivity index (χ3v) is 3.45. The largest absolute Gasteiger partial charge is 0.381 e. The van der Waals surface area contributed by atoms with E-state index in [0.29, 0.717) is 0 Å². The van der Waals surface area contributed by atoms with E-state index < -0.39 is 0 Å². The van der Waals surface area contributed by atoms with E-state index in [2.05, 4.69) is 44.8 Å². The van der Waals surface area contributed by atoms with Crippen molar-refractivity contribution >= 4 is 33.0 Å². The molecule has 0 aliphatic carbocycles. The van der Waals surface area contributed by atoms with Crippen LogP contribution in [-0.2, 0) is 6.54 Å². The molecule has 0 bridgehead atoms. The zero-order valence-corrected chi connectivity index (χ0v) is 9.94. The van der Waals surface area contributed by atoms with Crippen LogP contribution in [0.2, 0.25) is 0 Å². The number of thiophene rings is 1. The predicted molar refractivity (Wildman–Crippen MR) is 65.8 cm³/mol. The van der Waals surface area contributed by atoms with Gasteiger partial charge in [0.15, 0.2) is 0 Å². The fourth-order valence-corrected chi connectivity index (χ4v) is 2.41. The zero-order chi connectivity index (χ0) is 9.80. The van der Waals surface area contributed by atoms with Gasteiger partial charge in [-0.1, -0.05) is 18.2 Å². The molecule has 0 aliphatic rings. The maximum atomic E-state index is 3.45. The Balaban J connectivity index is 1.95. The summed E-state index contributed by atoms with van der Waals surface area (Å²) < 4.78 is 1.18. The highest BCUT2D eigenvalue weighted by Gasteiger charge is 1.96. The van der Waals surface area contributed by atoms with Crippen LogP contribution in [0, 0.1) is 0 Å². The smallest absolute Gasteiger partial charge is 0.0701 e. The third-order valence-electron chi connectivity index (χ3n) is 1.89. The third kappa shape index (κ3) is 2.59. The average molecular weight is 268 g/mol. The summed E-state index contributed by atoms with van der Waals surface area (Å²) in [6.07, 6.45) is 0. The summed E-state index contributed by atoms with van der Waals surface area (Å²) in [6.45, 7) is 0.881. The molecule has 0 radical (unpaired) electrons. The summed E-state index contributed by atoms with van der Waals surface area (Å²) in [7, 11) is 0. The number of anilines is 1. The monoisotopic (exact) mass is 267 g/mol. The second kappa shape index (κ2) is 4.62. The van der Waals surface area contributed by atoms with Crippen molar-refractivity contribution in [2.24, 2.45) is 0 Å². The van der Waals surface area contributed by atoms with Crippen LogP contribution in [0.3, 0.4) is 0 Å². The van der Waals surface area contributed by atoms with Crippen molar-refractivity contribution in [3.63, 3.8) is 0 Å². The maximum Gasteiger partial charge on any atom is 0.0701 e. The molecule has 0 saturated heterocycles. The Bertz CT molecular complexity index is 397. The lowest BCUT2D eigenvalue weighted by Crippen LogP contribution is -1.96. The van der Waals surface area contributed by atoms with Gasteiger partial charge >= 0.3 is 0 Å².